The largest absolute Gasteiger partial charge is 0.481 e. The van der Waals surface area contributed by atoms with Gasteiger partial charge in [0.05, 0.1) is 59.3 Å². The van der Waals surface area contributed by atoms with Crippen molar-refractivity contribution in [2.24, 2.45) is 0 Å². The second-order valence-electron chi connectivity index (χ2n) is 5.31. The predicted molar refractivity (Wildman–Crippen MR) is 89.8 cm³/mol. The zero-order valence-electron chi connectivity index (χ0n) is 15.1. The molecule has 0 spiro atoms. The van der Waals surface area contributed by atoms with Crippen molar-refractivity contribution in [1.82, 2.24) is 5.32 Å². The number of carbonyl (C=O) groups is 3. The summed E-state index contributed by atoms with van der Waals surface area (Å²) in [5.41, 5.74) is 0. The number of Topliss-reactive ketones (excluding diaryl/α,β-unsaturated/α-hetero) is 1. The maximum absolute atomic E-state index is 11.3. The van der Waals surface area contributed by atoms with Crippen molar-refractivity contribution in [3.8, 4) is 0 Å². The number of nitrogens with one attached hydrogen (secondary N) is 1. The van der Waals surface area contributed by atoms with Crippen molar-refractivity contribution >= 4 is 17.7 Å². The van der Waals surface area contributed by atoms with Gasteiger partial charge in [-0.25, -0.2) is 0 Å². The summed E-state index contributed by atoms with van der Waals surface area (Å²) in [7, 11) is 0. The van der Waals surface area contributed by atoms with E-state index >= 15 is 0 Å². The molecule has 0 aromatic rings. The van der Waals surface area contributed by atoms with Gasteiger partial charge in [-0.15, -0.1) is 0 Å². The lowest BCUT2D eigenvalue weighted by Gasteiger charge is -2.10. The lowest BCUT2D eigenvalue weighted by atomic mass is 10.2. The van der Waals surface area contributed by atoms with Crippen molar-refractivity contribution < 1.29 is 43.5 Å². The molecule has 10 heteroatoms. The summed E-state index contributed by atoms with van der Waals surface area (Å²) >= 11 is 0. The average Bonchev–Trinajstić information content (AvgIpc) is 2.57. The minimum absolute atomic E-state index is 0.0969. The van der Waals surface area contributed by atoms with Crippen LogP contribution in [-0.2, 0) is 33.3 Å². The summed E-state index contributed by atoms with van der Waals surface area (Å²) in [6.07, 6.45) is -1.78. The molecule has 1 amide bonds. The van der Waals surface area contributed by atoms with E-state index in [2.05, 4.69) is 5.32 Å². The molecule has 152 valence electrons. The molecule has 0 aromatic carbocycles. The summed E-state index contributed by atoms with van der Waals surface area (Å²) in [6, 6.07) is 0. The van der Waals surface area contributed by atoms with Crippen molar-refractivity contribution in [3.63, 3.8) is 0 Å². The Hall–Kier alpha value is -1.59. The highest BCUT2D eigenvalue weighted by Gasteiger charge is 2.17. The number of aliphatic hydroxyl groups excluding tert-OH is 1. The summed E-state index contributed by atoms with van der Waals surface area (Å²) in [5.74, 6) is -1.89. The SMILES string of the molecule is CC(=O)CCOCCOCCOCCOCCNC(=O)C(O)CC(=O)O. The second-order valence-corrected chi connectivity index (χ2v) is 5.31. The zero-order chi connectivity index (χ0) is 19.6. The number of ketones is 1. The number of aliphatic carboxylic acids is 1. The van der Waals surface area contributed by atoms with Crippen LogP contribution in [0.2, 0.25) is 0 Å². The third-order valence-electron chi connectivity index (χ3n) is 2.93. The number of aliphatic hydroxyl groups is 1. The molecule has 0 rings (SSSR count). The van der Waals surface area contributed by atoms with Crippen LogP contribution in [-0.4, -0.2) is 93.4 Å². The minimum Gasteiger partial charge on any atom is -0.481 e. The van der Waals surface area contributed by atoms with Gasteiger partial charge in [0, 0.05) is 13.0 Å². The molecular weight excluding hydrogens is 350 g/mol. The molecule has 3 N–H and O–H groups in total. The normalized spacial score (nSPS) is 11.9. The van der Waals surface area contributed by atoms with Crippen LogP contribution in [0.1, 0.15) is 19.8 Å². The van der Waals surface area contributed by atoms with E-state index in [1.165, 1.54) is 6.92 Å². The number of rotatable bonds is 18. The van der Waals surface area contributed by atoms with Crippen molar-refractivity contribution in [3.05, 3.63) is 0 Å². The van der Waals surface area contributed by atoms with Crippen molar-refractivity contribution in [2.45, 2.75) is 25.9 Å². The van der Waals surface area contributed by atoms with E-state index < -0.39 is 24.4 Å². The summed E-state index contributed by atoms with van der Waals surface area (Å²) in [5, 5.41) is 20.0. The number of ether oxygens (including phenoxy) is 4. The van der Waals surface area contributed by atoms with E-state index in [0.717, 1.165) is 0 Å². The van der Waals surface area contributed by atoms with Crippen LogP contribution < -0.4 is 5.32 Å². The van der Waals surface area contributed by atoms with E-state index in [4.69, 9.17) is 24.1 Å². The molecule has 0 aliphatic carbocycles. The summed E-state index contributed by atoms with van der Waals surface area (Å²) in [6.45, 7) is 4.73. The van der Waals surface area contributed by atoms with E-state index in [1.807, 2.05) is 0 Å². The number of hydrogen-bond acceptors (Lipinski definition) is 8. The highest BCUT2D eigenvalue weighted by Crippen LogP contribution is 1.91. The standard InChI is InChI=1S/C16H29NO9/c1-13(18)2-4-23-6-8-25-10-11-26-9-7-24-5-3-17-16(22)14(19)12-15(20)21/h14,19H,2-12H2,1H3,(H,17,22)(H,20,21). The van der Waals surface area contributed by atoms with Crippen LogP contribution in [0.3, 0.4) is 0 Å². The third kappa shape index (κ3) is 17.2. The Kier molecular flexibility index (Phi) is 15.8. The first kappa shape index (κ1) is 24.4. The Balaban J connectivity index is 3.23. The molecule has 0 radical (unpaired) electrons. The van der Waals surface area contributed by atoms with Crippen LogP contribution in [0.25, 0.3) is 0 Å². The third-order valence-corrected chi connectivity index (χ3v) is 2.93. The Morgan fingerprint density at radius 3 is 1.77 bits per heavy atom. The first-order chi connectivity index (χ1) is 12.4. The van der Waals surface area contributed by atoms with E-state index in [-0.39, 0.29) is 18.9 Å². The van der Waals surface area contributed by atoms with Crippen molar-refractivity contribution in [1.29, 1.82) is 0 Å². The van der Waals surface area contributed by atoms with Crippen LogP contribution in [0, 0.1) is 0 Å². The van der Waals surface area contributed by atoms with Gasteiger partial charge in [0.2, 0.25) is 5.91 Å². The molecule has 0 saturated heterocycles. The van der Waals surface area contributed by atoms with Crippen molar-refractivity contribution in [2.75, 3.05) is 59.4 Å². The minimum atomic E-state index is -1.56. The van der Waals surface area contributed by atoms with Crippen LogP contribution in [0.15, 0.2) is 0 Å². The van der Waals surface area contributed by atoms with Gasteiger partial charge in [-0.3, -0.25) is 14.4 Å². The Bertz CT molecular complexity index is 403. The van der Waals surface area contributed by atoms with Gasteiger partial charge in [0.1, 0.15) is 11.9 Å². The number of carboxylic acids is 1. The van der Waals surface area contributed by atoms with Gasteiger partial charge >= 0.3 is 5.97 Å². The molecule has 1 atom stereocenters. The van der Waals surface area contributed by atoms with Gasteiger partial charge in [-0.2, -0.15) is 0 Å². The molecule has 10 nitrogen and oxygen atoms in total. The summed E-state index contributed by atoms with van der Waals surface area (Å²) in [4.78, 5) is 32.3. The quantitative estimate of drug-likeness (QED) is 0.255. The summed E-state index contributed by atoms with van der Waals surface area (Å²) < 4.78 is 21.0. The molecule has 26 heavy (non-hydrogen) atoms. The van der Waals surface area contributed by atoms with Gasteiger partial charge in [-0.05, 0) is 6.92 Å². The fraction of sp³-hybridized carbons (Fsp3) is 0.812. The van der Waals surface area contributed by atoms with E-state index in [1.54, 1.807) is 0 Å². The van der Waals surface area contributed by atoms with Gasteiger partial charge in [0.15, 0.2) is 0 Å². The molecule has 0 aliphatic rings. The molecule has 0 bridgehead atoms. The Morgan fingerprint density at radius 1 is 0.846 bits per heavy atom. The highest BCUT2D eigenvalue weighted by atomic mass is 16.6. The molecule has 0 fully saturated rings. The van der Waals surface area contributed by atoms with E-state index in [0.29, 0.717) is 52.7 Å². The Morgan fingerprint density at radius 2 is 1.31 bits per heavy atom. The monoisotopic (exact) mass is 379 g/mol. The molecular formula is C16H29NO9. The van der Waals surface area contributed by atoms with Crippen LogP contribution in [0.5, 0.6) is 0 Å². The fourth-order valence-corrected chi connectivity index (χ4v) is 1.60. The second kappa shape index (κ2) is 16.9. The van der Waals surface area contributed by atoms with Gasteiger partial charge in [-0.1, -0.05) is 0 Å². The smallest absolute Gasteiger partial charge is 0.306 e. The molecule has 0 heterocycles. The number of hydrogen-bond donors (Lipinski definition) is 3. The number of amides is 1. The number of carbonyl (C=O) groups excluding carboxylic acids is 2. The first-order valence-electron chi connectivity index (χ1n) is 8.41. The van der Waals surface area contributed by atoms with E-state index in [9.17, 15) is 19.5 Å². The Labute approximate surface area is 152 Å². The molecule has 0 saturated carbocycles. The predicted octanol–water partition coefficient (Wildman–Crippen LogP) is -1.02. The maximum Gasteiger partial charge on any atom is 0.306 e. The topological polar surface area (TPSA) is 141 Å². The average molecular weight is 379 g/mol. The first-order valence-corrected chi connectivity index (χ1v) is 8.41. The lowest BCUT2D eigenvalue weighted by molar-refractivity contribution is -0.143. The fourth-order valence-electron chi connectivity index (χ4n) is 1.60. The molecule has 0 aromatic heterocycles. The van der Waals surface area contributed by atoms with Crippen LogP contribution >= 0.6 is 0 Å². The highest BCUT2D eigenvalue weighted by molar-refractivity contribution is 5.84. The maximum atomic E-state index is 11.3. The number of carboxylic acid groups (broad SMARTS) is 1. The lowest BCUT2D eigenvalue weighted by Crippen LogP contribution is -2.37. The van der Waals surface area contributed by atoms with Crippen LogP contribution in [0.4, 0.5) is 0 Å². The van der Waals surface area contributed by atoms with Gasteiger partial charge in [0.25, 0.3) is 0 Å². The molecule has 1 unspecified atom stereocenters. The molecule has 0 aliphatic heterocycles. The van der Waals surface area contributed by atoms with Gasteiger partial charge < -0.3 is 34.5 Å². The zero-order valence-corrected chi connectivity index (χ0v) is 15.1.